The minimum atomic E-state index is -0.570. The third kappa shape index (κ3) is 4.82. The van der Waals surface area contributed by atoms with E-state index >= 15 is 0 Å². The third-order valence-electron chi connectivity index (χ3n) is 5.93. The topological polar surface area (TPSA) is 38.8 Å². The number of hydrogen-bond donors (Lipinski definition) is 0. The lowest BCUT2D eigenvalue weighted by molar-refractivity contribution is -0.133. The first-order chi connectivity index (χ1) is 13.6. The minimum Gasteiger partial charge on any atom is -0.493 e. The zero-order valence-electron chi connectivity index (χ0n) is 16.9. The van der Waals surface area contributed by atoms with Gasteiger partial charge in [0.1, 0.15) is 6.61 Å². The Morgan fingerprint density at radius 2 is 1.96 bits per heavy atom. The highest BCUT2D eigenvalue weighted by atomic mass is 32.2. The maximum atomic E-state index is 13.1. The van der Waals surface area contributed by atoms with Crippen LogP contribution in [-0.2, 0) is 4.79 Å². The Hall–Kier alpha value is -1.27. The summed E-state index contributed by atoms with van der Waals surface area (Å²) in [5, 5.41) is 0. The van der Waals surface area contributed by atoms with Gasteiger partial charge in [0.05, 0.1) is 7.11 Å². The smallest absolute Gasteiger partial charge is 0.224 e. The summed E-state index contributed by atoms with van der Waals surface area (Å²) < 4.78 is 11.5. The van der Waals surface area contributed by atoms with Crippen molar-refractivity contribution in [2.45, 2.75) is 56.7 Å². The number of hydrogen-bond acceptors (Lipinski definition) is 5. The number of amides is 1. The van der Waals surface area contributed by atoms with Crippen LogP contribution in [0.15, 0.2) is 24.3 Å². The molecule has 1 saturated heterocycles. The van der Waals surface area contributed by atoms with Crippen molar-refractivity contribution in [1.29, 1.82) is 0 Å². The SMILES string of the molecule is COc1ccccc1OCC1(C(C)=S)SCCN1C(=O)CCC1CCCCC1. The fraction of sp³-hybridized carbons (Fsp3) is 0.636. The van der Waals surface area contributed by atoms with Gasteiger partial charge in [-0.25, -0.2) is 0 Å². The second-order valence-corrected chi connectivity index (χ2v) is 9.70. The first-order valence-corrected chi connectivity index (χ1v) is 11.7. The van der Waals surface area contributed by atoms with Crippen LogP contribution >= 0.6 is 24.0 Å². The summed E-state index contributed by atoms with van der Waals surface area (Å²) >= 11 is 7.35. The largest absolute Gasteiger partial charge is 0.493 e. The predicted octanol–water partition coefficient (Wildman–Crippen LogP) is 5.10. The van der Waals surface area contributed by atoms with E-state index in [-0.39, 0.29) is 5.91 Å². The monoisotopic (exact) mass is 421 g/mol. The summed E-state index contributed by atoms with van der Waals surface area (Å²) in [6, 6.07) is 7.60. The van der Waals surface area contributed by atoms with Gasteiger partial charge in [-0.3, -0.25) is 4.79 Å². The van der Waals surface area contributed by atoms with E-state index in [2.05, 4.69) is 0 Å². The highest BCUT2D eigenvalue weighted by Gasteiger charge is 2.47. The maximum absolute atomic E-state index is 13.1. The first kappa shape index (κ1) is 21.4. The lowest BCUT2D eigenvalue weighted by atomic mass is 9.86. The van der Waals surface area contributed by atoms with Crippen molar-refractivity contribution in [3.63, 3.8) is 0 Å². The molecule has 1 aliphatic heterocycles. The van der Waals surface area contributed by atoms with Gasteiger partial charge in [-0.05, 0) is 31.4 Å². The quantitative estimate of drug-likeness (QED) is 0.546. The number of benzene rings is 1. The Kier molecular flexibility index (Phi) is 7.63. The van der Waals surface area contributed by atoms with Crippen LogP contribution in [0, 0.1) is 5.92 Å². The zero-order chi connectivity index (χ0) is 20.0. The van der Waals surface area contributed by atoms with Gasteiger partial charge < -0.3 is 14.4 Å². The van der Waals surface area contributed by atoms with E-state index in [1.165, 1.54) is 32.1 Å². The predicted molar refractivity (Wildman–Crippen MR) is 119 cm³/mol. The number of methoxy groups -OCH3 is 1. The van der Waals surface area contributed by atoms with Gasteiger partial charge in [-0.15, -0.1) is 11.8 Å². The van der Waals surface area contributed by atoms with Gasteiger partial charge in [0.25, 0.3) is 0 Å². The van der Waals surface area contributed by atoms with Crippen LogP contribution in [0.25, 0.3) is 0 Å². The Labute approximate surface area is 178 Å². The van der Waals surface area contributed by atoms with Crippen LogP contribution in [0.3, 0.4) is 0 Å². The fourth-order valence-electron chi connectivity index (χ4n) is 4.26. The first-order valence-electron chi connectivity index (χ1n) is 10.3. The van der Waals surface area contributed by atoms with Crippen LogP contribution in [0.5, 0.6) is 11.5 Å². The summed E-state index contributed by atoms with van der Waals surface area (Å²) in [4.78, 5) is 15.3. The molecular weight excluding hydrogens is 390 g/mol. The second kappa shape index (κ2) is 9.97. The molecule has 1 saturated carbocycles. The van der Waals surface area contributed by atoms with Crippen molar-refractivity contribution >= 4 is 34.8 Å². The summed E-state index contributed by atoms with van der Waals surface area (Å²) in [5.74, 6) is 3.18. The molecular formula is C22H31NO3S2. The van der Waals surface area contributed by atoms with E-state index < -0.39 is 4.87 Å². The maximum Gasteiger partial charge on any atom is 0.224 e. The summed E-state index contributed by atoms with van der Waals surface area (Å²) in [6.45, 7) is 3.01. The second-order valence-electron chi connectivity index (χ2n) is 7.72. The Morgan fingerprint density at radius 1 is 1.25 bits per heavy atom. The number of ether oxygens (including phenoxy) is 2. The van der Waals surface area contributed by atoms with Crippen LogP contribution in [0.2, 0.25) is 0 Å². The number of thiocarbonyl (C=S) groups is 1. The van der Waals surface area contributed by atoms with E-state index in [1.807, 2.05) is 36.1 Å². The molecule has 1 heterocycles. The molecule has 28 heavy (non-hydrogen) atoms. The highest BCUT2D eigenvalue weighted by Crippen LogP contribution is 2.40. The van der Waals surface area contributed by atoms with E-state index in [9.17, 15) is 4.79 Å². The molecule has 0 spiro atoms. The van der Waals surface area contributed by atoms with Crippen molar-refractivity contribution in [2.24, 2.45) is 5.92 Å². The van der Waals surface area contributed by atoms with Crippen molar-refractivity contribution in [3.8, 4) is 11.5 Å². The Bertz CT molecular complexity index is 690. The minimum absolute atomic E-state index is 0.211. The molecule has 1 aliphatic carbocycles. The fourth-order valence-corrected chi connectivity index (χ4v) is 5.91. The molecule has 0 N–H and O–H groups in total. The average Bonchev–Trinajstić information content (AvgIpc) is 3.17. The van der Waals surface area contributed by atoms with E-state index in [0.29, 0.717) is 30.4 Å². The lowest BCUT2D eigenvalue weighted by Crippen LogP contribution is -2.53. The average molecular weight is 422 g/mol. The van der Waals surface area contributed by atoms with Gasteiger partial charge in [0.2, 0.25) is 5.91 Å². The molecule has 1 aromatic rings. The number of para-hydroxylation sites is 2. The molecule has 1 atom stereocenters. The van der Waals surface area contributed by atoms with Crippen molar-refractivity contribution < 1.29 is 14.3 Å². The van der Waals surface area contributed by atoms with Crippen molar-refractivity contribution in [1.82, 2.24) is 4.90 Å². The Morgan fingerprint density at radius 3 is 2.64 bits per heavy atom. The summed E-state index contributed by atoms with van der Waals surface area (Å²) in [5.41, 5.74) is 0. The van der Waals surface area contributed by atoms with Gasteiger partial charge in [-0.2, -0.15) is 0 Å². The molecule has 1 aromatic carbocycles. The van der Waals surface area contributed by atoms with Gasteiger partial charge in [0, 0.05) is 23.6 Å². The lowest BCUT2D eigenvalue weighted by Gasteiger charge is -2.37. The van der Waals surface area contributed by atoms with Crippen LogP contribution < -0.4 is 9.47 Å². The van der Waals surface area contributed by atoms with E-state index in [0.717, 1.165) is 23.6 Å². The van der Waals surface area contributed by atoms with Gasteiger partial charge in [-0.1, -0.05) is 56.5 Å². The zero-order valence-corrected chi connectivity index (χ0v) is 18.6. The van der Waals surface area contributed by atoms with Crippen molar-refractivity contribution in [2.75, 3.05) is 26.0 Å². The van der Waals surface area contributed by atoms with E-state index in [1.54, 1.807) is 18.9 Å². The molecule has 0 aromatic heterocycles. The number of carbonyl (C=O) groups is 1. The standard InChI is InChI=1S/C22H31NO3S2/c1-17(27)22(16-26-20-11-7-6-10-19(20)25-2)23(14-15-28-22)21(24)13-12-18-8-4-3-5-9-18/h6-7,10-11,18H,3-5,8-9,12-16H2,1-2H3. The van der Waals surface area contributed by atoms with Crippen LogP contribution in [0.1, 0.15) is 51.9 Å². The summed E-state index contributed by atoms with van der Waals surface area (Å²) in [7, 11) is 1.63. The van der Waals surface area contributed by atoms with Gasteiger partial charge >= 0.3 is 0 Å². The van der Waals surface area contributed by atoms with E-state index in [4.69, 9.17) is 21.7 Å². The molecule has 4 nitrogen and oxygen atoms in total. The number of nitrogens with zero attached hydrogens (tertiary/aromatic N) is 1. The highest BCUT2D eigenvalue weighted by molar-refractivity contribution is 8.02. The Balaban J connectivity index is 1.67. The molecule has 1 unspecified atom stereocenters. The molecule has 0 bridgehead atoms. The van der Waals surface area contributed by atoms with Gasteiger partial charge in [0.15, 0.2) is 16.4 Å². The summed E-state index contributed by atoms with van der Waals surface area (Å²) in [6.07, 6.45) is 8.14. The molecule has 3 rings (SSSR count). The number of thioether (sulfide) groups is 1. The molecule has 2 aliphatic rings. The molecule has 0 radical (unpaired) electrons. The van der Waals surface area contributed by atoms with Crippen molar-refractivity contribution in [3.05, 3.63) is 24.3 Å². The number of rotatable bonds is 8. The molecule has 2 fully saturated rings. The number of carbonyl (C=O) groups excluding carboxylic acids is 1. The molecule has 154 valence electrons. The molecule has 6 heteroatoms. The molecule has 1 amide bonds. The van der Waals surface area contributed by atoms with Crippen LogP contribution in [0.4, 0.5) is 0 Å². The van der Waals surface area contributed by atoms with Crippen LogP contribution in [-0.4, -0.2) is 46.6 Å². The third-order valence-corrected chi connectivity index (χ3v) is 7.90. The normalized spacial score (nSPS) is 22.9.